The van der Waals surface area contributed by atoms with E-state index >= 15 is 0 Å². The number of benzene rings is 3. The summed E-state index contributed by atoms with van der Waals surface area (Å²) in [7, 11) is -3.92. The second-order valence-electron chi connectivity index (χ2n) is 6.95. The zero-order chi connectivity index (χ0) is 23.1. The van der Waals surface area contributed by atoms with Crippen molar-refractivity contribution in [3.63, 3.8) is 0 Å². The van der Waals surface area contributed by atoms with Gasteiger partial charge in [0.15, 0.2) is 0 Å². The molecule has 0 bridgehead atoms. The molecule has 0 aliphatic carbocycles. The highest BCUT2D eigenvalue weighted by atomic mass is 79.9. The lowest BCUT2D eigenvalue weighted by molar-refractivity contribution is -0.119. The molecule has 0 aromatic heterocycles. The van der Waals surface area contributed by atoms with Crippen molar-refractivity contribution in [2.45, 2.75) is 16.7 Å². The maximum Gasteiger partial charge on any atom is 0.264 e. The van der Waals surface area contributed by atoms with Gasteiger partial charge in [-0.25, -0.2) is 8.42 Å². The Morgan fingerprint density at radius 1 is 1.00 bits per heavy atom. The summed E-state index contributed by atoms with van der Waals surface area (Å²) >= 11 is 10.8. The number of hydrogen-bond acceptors (Lipinski definition) is 4. The standard InChI is InChI=1S/C23H22BrClN2O3S2/c1-17-2-12-22(13-3-17)32(29,30)27(20-8-4-18(24)5-9-20)16-23(28)26-14-15-31-21-10-6-19(25)7-11-21/h2-13H,14-16H2,1H3,(H,26,28). The van der Waals surface area contributed by atoms with E-state index in [1.54, 1.807) is 60.3 Å². The van der Waals surface area contributed by atoms with Crippen LogP contribution in [-0.4, -0.2) is 33.2 Å². The summed E-state index contributed by atoms with van der Waals surface area (Å²) in [5, 5.41) is 3.48. The molecule has 1 N–H and O–H groups in total. The third-order valence-corrected chi connectivity index (χ3v) is 8.10. The predicted molar refractivity (Wildman–Crippen MR) is 135 cm³/mol. The molecule has 9 heteroatoms. The number of rotatable bonds is 9. The average molecular weight is 554 g/mol. The molecule has 0 fully saturated rings. The van der Waals surface area contributed by atoms with Gasteiger partial charge < -0.3 is 5.32 Å². The van der Waals surface area contributed by atoms with Gasteiger partial charge in [-0.15, -0.1) is 11.8 Å². The molecule has 0 spiro atoms. The molecule has 0 aliphatic heterocycles. The Kier molecular flexibility index (Phi) is 8.64. The Morgan fingerprint density at radius 2 is 1.62 bits per heavy atom. The lowest BCUT2D eigenvalue weighted by atomic mass is 10.2. The maximum atomic E-state index is 13.3. The van der Waals surface area contributed by atoms with Crippen LogP contribution in [0.2, 0.25) is 5.02 Å². The fourth-order valence-corrected chi connectivity index (χ4v) is 5.42. The van der Waals surface area contributed by atoms with Crippen molar-refractivity contribution < 1.29 is 13.2 Å². The summed E-state index contributed by atoms with van der Waals surface area (Å²) in [5.74, 6) is 0.274. The number of carbonyl (C=O) groups is 1. The normalized spacial score (nSPS) is 11.2. The smallest absolute Gasteiger partial charge is 0.264 e. The number of sulfonamides is 1. The highest BCUT2D eigenvalue weighted by Gasteiger charge is 2.27. The number of nitrogens with zero attached hydrogens (tertiary/aromatic N) is 1. The first-order chi connectivity index (χ1) is 15.3. The van der Waals surface area contributed by atoms with Crippen molar-refractivity contribution in [1.29, 1.82) is 0 Å². The van der Waals surface area contributed by atoms with Crippen LogP contribution in [0.3, 0.4) is 0 Å². The van der Waals surface area contributed by atoms with Crippen LogP contribution in [0.15, 0.2) is 87.1 Å². The quantitative estimate of drug-likeness (QED) is 0.280. The number of amides is 1. The topological polar surface area (TPSA) is 66.5 Å². The SMILES string of the molecule is Cc1ccc(S(=O)(=O)N(CC(=O)NCCSc2ccc(Cl)cc2)c2ccc(Br)cc2)cc1. The van der Waals surface area contributed by atoms with Gasteiger partial charge in [0, 0.05) is 26.7 Å². The molecule has 3 aromatic rings. The van der Waals surface area contributed by atoms with Crippen LogP contribution < -0.4 is 9.62 Å². The van der Waals surface area contributed by atoms with Crippen LogP contribution in [0.1, 0.15) is 5.56 Å². The van der Waals surface area contributed by atoms with Gasteiger partial charge >= 0.3 is 0 Å². The minimum absolute atomic E-state index is 0.136. The summed E-state index contributed by atoms with van der Waals surface area (Å²) in [6.07, 6.45) is 0. The number of carbonyl (C=O) groups excluding carboxylic acids is 1. The second kappa shape index (κ2) is 11.2. The molecule has 5 nitrogen and oxygen atoms in total. The molecular weight excluding hydrogens is 532 g/mol. The minimum atomic E-state index is -3.92. The van der Waals surface area contributed by atoms with Crippen molar-refractivity contribution >= 4 is 60.9 Å². The van der Waals surface area contributed by atoms with Crippen LogP contribution in [0.4, 0.5) is 5.69 Å². The summed E-state index contributed by atoms with van der Waals surface area (Å²) in [4.78, 5) is 13.8. The zero-order valence-electron chi connectivity index (χ0n) is 17.3. The number of halogens is 2. The Balaban J connectivity index is 1.69. The molecule has 0 atom stereocenters. The van der Waals surface area contributed by atoms with E-state index in [4.69, 9.17) is 11.6 Å². The third kappa shape index (κ3) is 6.75. The van der Waals surface area contributed by atoms with E-state index in [1.165, 1.54) is 0 Å². The number of nitrogens with one attached hydrogen (secondary N) is 1. The van der Waals surface area contributed by atoms with Crippen molar-refractivity contribution in [3.8, 4) is 0 Å². The molecule has 3 aromatic carbocycles. The lowest BCUT2D eigenvalue weighted by Crippen LogP contribution is -2.41. The Labute approximate surface area is 206 Å². The van der Waals surface area contributed by atoms with Crippen LogP contribution in [0.5, 0.6) is 0 Å². The number of anilines is 1. The van der Waals surface area contributed by atoms with Gasteiger partial charge in [-0.2, -0.15) is 0 Å². The first-order valence-corrected chi connectivity index (χ1v) is 13.4. The lowest BCUT2D eigenvalue weighted by Gasteiger charge is -2.24. The molecule has 0 saturated heterocycles. The molecule has 0 saturated carbocycles. The largest absolute Gasteiger partial charge is 0.354 e. The van der Waals surface area contributed by atoms with Gasteiger partial charge in [0.1, 0.15) is 6.54 Å². The van der Waals surface area contributed by atoms with Gasteiger partial charge in [-0.3, -0.25) is 9.10 Å². The fourth-order valence-electron chi connectivity index (χ4n) is 2.84. The highest BCUT2D eigenvalue weighted by molar-refractivity contribution is 9.10. The fraction of sp³-hybridized carbons (Fsp3) is 0.174. The Hall–Kier alpha value is -2.00. The van der Waals surface area contributed by atoms with Crippen LogP contribution in [0.25, 0.3) is 0 Å². The summed E-state index contributed by atoms with van der Waals surface area (Å²) in [5.41, 5.74) is 1.37. The summed E-state index contributed by atoms with van der Waals surface area (Å²) in [6.45, 7) is 1.98. The molecule has 1 amide bonds. The van der Waals surface area contributed by atoms with E-state index in [0.717, 1.165) is 19.2 Å². The van der Waals surface area contributed by atoms with Crippen molar-refractivity contribution in [2.75, 3.05) is 23.1 Å². The third-order valence-electron chi connectivity index (χ3n) is 4.52. The predicted octanol–water partition coefficient (Wildman–Crippen LogP) is 5.51. The Morgan fingerprint density at radius 3 is 2.25 bits per heavy atom. The van der Waals surface area contributed by atoms with Gasteiger partial charge in [0.05, 0.1) is 10.6 Å². The molecule has 0 heterocycles. The molecule has 0 unspecified atom stereocenters. The first-order valence-electron chi connectivity index (χ1n) is 9.76. The van der Waals surface area contributed by atoms with E-state index in [-0.39, 0.29) is 17.3 Å². The number of aryl methyl sites for hydroxylation is 1. The molecule has 0 aliphatic rings. The average Bonchev–Trinajstić information content (AvgIpc) is 2.77. The van der Waals surface area contributed by atoms with Gasteiger partial charge in [0.25, 0.3) is 10.0 Å². The minimum Gasteiger partial charge on any atom is -0.354 e. The van der Waals surface area contributed by atoms with Gasteiger partial charge in [-0.1, -0.05) is 45.2 Å². The van der Waals surface area contributed by atoms with E-state index in [0.29, 0.717) is 23.0 Å². The van der Waals surface area contributed by atoms with Gasteiger partial charge in [0.2, 0.25) is 5.91 Å². The summed E-state index contributed by atoms with van der Waals surface area (Å²) in [6, 6.07) is 20.9. The number of thioether (sulfide) groups is 1. The molecular formula is C23H22BrClN2O3S2. The monoisotopic (exact) mass is 552 g/mol. The summed E-state index contributed by atoms with van der Waals surface area (Å²) < 4.78 is 28.6. The molecule has 168 valence electrons. The molecule has 32 heavy (non-hydrogen) atoms. The van der Waals surface area contributed by atoms with Crippen LogP contribution >= 0.6 is 39.3 Å². The van der Waals surface area contributed by atoms with E-state index in [1.807, 2.05) is 31.2 Å². The van der Waals surface area contributed by atoms with Crippen LogP contribution in [-0.2, 0) is 14.8 Å². The van der Waals surface area contributed by atoms with Crippen LogP contribution in [0, 0.1) is 6.92 Å². The molecule has 3 rings (SSSR count). The van der Waals surface area contributed by atoms with Gasteiger partial charge in [-0.05, 0) is 67.6 Å². The van der Waals surface area contributed by atoms with Crippen molar-refractivity contribution in [2.24, 2.45) is 0 Å². The second-order valence-corrected chi connectivity index (χ2v) is 11.3. The molecule has 0 radical (unpaired) electrons. The van der Waals surface area contributed by atoms with Crippen molar-refractivity contribution in [1.82, 2.24) is 5.32 Å². The maximum absolute atomic E-state index is 13.3. The highest BCUT2D eigenvalue weighted by Crippen LogP contribution is 2.25. The van der Waals surface area contributed by atoms with E-state index < -0.39 is 10.0 Å². The number of hydrogen-bond donors (Lipinski definition) is 1. The Bertz CT molecular complexity index is 1150. The van der Waals surface area contributed by atoms with Crippen molar-refractivity contribution in [3.05, 3.63) is 87.9 Å². The van der Waals surface area contributed by atoms with E-state index in [2.05, 4.69) is 21.2 Å². The first kappa shape index (κ1) is 24.6. The van der Waals surface area contributed by atoms with E-state index in [9.17, 15) is 13.2 Å². The zero-order valence-corrected chi connectivity index (χ0v) is 21.3.